The quantitative estimate of drug-likeness (QED) is 0.834. The fourth-order valence-electron chi connectivity index (χ4n) is 2.74. The van der Waals surface area contributed by atoms with Crippen LogP contribution in [-0.4, -0.2) is 36.9 Å². The molecule has 25 heavy (non-hydrogen) atoms. The number of rotatable bonds is 4. The fraction of sp³-hybridized carbons (Fsp3) is 0.294. The number of benzene rings is 1. The van der Waals surface area contributed by atoms with Crippen molar-refractivity contribution in [3.05, 3.63) is 53.6 Å². The van der Waals surface area contributed by atoms with E-state index in [9.17, 15) is 12.8 Å². The molecule has 1 saturated heterocycles. The Balaban J connectivity index is 1.80. The number of halogens is 1. The summed E-state index contributed by atoms with van der Waals surface area (Å²) in [6.45, 7) is 2.25. The van der Waals surface area contributed by atoms with Crippen LogP contribution in [0.2, 0.25) is 0 Å². The van der Waals surface area contributed by atoms with E-state index in [1.807, 2.05) is 6.92 Å². The highest BCUT2D eigenvalue weighted by Crippen LogP contribution is 2.27. The first-order valence-electron chi connectivity index (χ1n) is 7.70. The first-order chi connectivity index (χ1) is 11.9. The summed E-state index contributed by atoms with van der Waals surface area (Å²) >= 11 is 0. The molecule has 0 N–H and O–H groups in total. The summed E-state index contributed by atoms with van der Waals surface area (Å²) in [5.41, 5.74) is 0.529. The summed E-state index contributed by atoms with van der Waals surface area (Å²) in [6.07, 6.45) is 1.88. The Morgan fingerprint density at radius 2 is 2.20 bits per heavy atom. The van der Waals surface area contributed by atoms with Crippen molar-refractivity contribution in [1.82, 2.24) is 9.29 Å². The van der Waals surface area contributed by atoms with Crippen molar-refractivity contribution < 1.29 is 17.5 Å². The SMILES string of the molecule is Cc1ncccc1O[C@@H]1CCN(S(=O)(=O)c2ccc(F)cc2C#N)C1. The van der Waals surface area contributed by atoms with E-state index < -0.39 is 15.8 Å². The molecule has 0 saturated carbocycles. The highest BCUT2D eigenvalue weighted by atomic mass is 32.2. The second-order valence-electron chi connectivity index (χ2n) is 5.73. The van der Waals surface area contributed by atoms with E-state index in [1.54, 1.807) is 24.4 Å². The molecule has 8 heteroatoms. The third-order valence-electron chi connectivity index (χ3n) is 4.04. The molecular weight excluding hydrogens is 345 g/mol. The van der Waals surface area contributed by atoms with E-state index in [0.717, 1.165) is 23.9 Å². The molecule has 0 spiro atoms. The number of aromatic nitrogens is 1. The zero-order valence-electron chi connectivity index (χ0n) is 13.5. The van der Waals surface area contributed by atoms with Gasteiger partial charge in [-0.25, -0.2) is 12.8 Å². The van der Waals surface area contributed by atoms with Gasteiger partial charge in [-0.1, -0.05) is 0 Å². The van der Waals surface area contributed by atoms with E-state index in [4.69, 9.17) is 10.00 Å². The Bertz CT molecular complexity index is 940. The average molecular weight is 361 g/mol. The first kappa shape index (κ1) is 17.3. The van der Waals surface area contributed by atoms with Crippen LogP contribution in [0, 0.1) is 24.1 Å². The van der Waals surface area contributed by atoms with Gasteiger partial charge in [0.05, 0.1) is 17.8 Å². The standard InChI is InChI=1S/C17H16FN3O3S/c1-12-16(3-2-7-20-12)24-15-6-8-21(11-15)25(22,23)17-5-4-14(18)9-13(17)10-19/h2-5,7,9,15H,6,8,11H2,1H3/t15-/m1/s1. The Kier molecular flexibility index (Phi) is 4.70. The van der Waals surface area contributed by atoms with Crippen LogP contribution in [0.3, 0.4) is 0 Å². The van der Waals surface area contributed by atoms with E-state index in [-0.39, 0.29) is 29.7 Å². The minimum Gasteiger partial charge on any atom is -0.487 e. The molecule has 1 aromatic carbocycles. The van der Waals surface area contributed by atoms with Gasteiger partial charge in [-0.2, -0.15) is 9.57 Å². The molecule has 1 atom stereocenters. The Morgan fingerprint density at radius 1 is 1.40 bits per heavy atom. The fourth-order valence-corrected chi connectivity index (χ4v) is 4.35. The van der Waals surface area contributed by atoms with Gasteiger partial charge < -0.3 is 4.74 Å². The summed E-state index contributed by atoms with van der Waals surface area (Å²) < 4.78 is 45.9. The summed E-state index contributed by atoms with van der Waals surface area (Å²) in [4.78, 5) is 3.95. The van der Waals surface area contributed by atoms with Crippen molar-refractivity contribution in [3.8, 4) is 11.8 Å². The van der Waals surface area contributed by atoms with E-state index in [1.165, 1.54) is 4.31 Å². The molecule has 130 valence electrons. The lowest BCUT2D eigenvalue weighted by Gasteiger charge is -2.18. The van der Waals surface area contributed by atoms with Gasteiger partial charge in [0, 0.05) is 12.7 Å². The number of ether oxygens (including phenoxy) is 1. The minimum atomic E-state index is -3.88. The van der Waals surface area contributed by atoms with Gasteiger partial charge in [0.25, 0.3) is 0 Å². The summed E-state index contributed by atoms with van der Waals surface area (Å²) in [6, 6.07) is 8.37. The van der Waals surface area contributed by atoms with Crippen LogP contribution in [-0.2, 0) is 10.0 Å². The molecule has 0 unspecified atom stereocenters. The second kappa shape index (κ2) is 6.78. The van der Waals surface area contributed by atoms with Crippen LogP contribution in [0.25, 0.3) is 0 Å². The Labute approximate surface area is 145 Å². The number of aryl methyl sites for hydroxylation is 1. The van der Waals surface area contributed by atoms with Crippen LogP contribution in [0.5, 0.6) is 5.75 Å². The lowest BCUT2D eigenvalue weighted by Crippen LogP contribution is -2.31. The maximum absolute atomic E-state index is 13.3. The first-order valence-corrected chi connectivity index (χ1v) is 9.14. The highest BCUT2D eigenvalue weighted by Gasteiger charge is 2.35. The smallest absolute Gasteiger partial charge is 0.244 e. The predicted octanol–water partition coefficient (Wildman–Crippen LogP) is 2.24. The van der Waals surface area contributed by atoms with Crippen LogP contribution in [0.1, 0.15) is 17.7 Å². The normalized spacial score (nSPS) is 18.0. The number of hydrogen-bond acceptors (Lipinski definition) is 5. The molecule has 2 heterocycles. The highest BCUT2D eigenvalue weighted by molar-refractivity contribution is 7.89. The molecule has 1 fully saturated rings. The predicted molar refractivity (Wildman–Crippen MR) is 87.9 cm³/mol. The van der Waals surface area contributed by atoms with Gasteiger partial charge in [0.1, 0.15) is 28.6 Å². The lowest BCUT2D eigenvalue weighted by molar-refractivity contribution is 0.213. The monoisotopic (exact) mass is 361 g/mol. The van der Waals surface area contributed by atoms with E-state index >= 15 is 0 Å². The van der Waals surface area contributed by atoms with Gasteiger partial charge in [-0.3, -0.25) is 4.98 Å². The average Bonchev–Trinajstić information content (AvgIpc) is 3.06. The van der Waals surface area contributed by atoms with Crippen molar-refractivity contribution in [2.24, 2.45) is 0 Å². The maximum Gasteiger partial charge on any atom is 0.244 e. The molecule has 1 aromatic heterocycles. The molecule has 3 rings (SSSR count). The number of sulfonamides is 1. The zero-order valence-corrected chi connectivity index (χ0v) is 14.3. The number of nitrogens with zero attached hydrogens (tertiary/aromatic N) is 3. The zero-order chi connectivity index (χ0) is 18.0. The van der Waals surface area contributed by atoms with Crippen molar-refractivity contribution >= 4 is 10.0 Å². The van der Waals surface area contributed by atoms with Gasteiger partial charge in [-0.05, 0) is 43.7 Å². The van der Waals surface area contributed by atoms with Gasteiger partial charge >= 0.3 is 0 Å². The molecule has 0 bridgehead atoms. The summed E-state index contributed by atoms with van der Waals surface area (Å²) in [7, 11) is -3.88. The van der Waals surface area contributed by atoms with Crippen molar-refractivity contribution in [3.63, 3.8) is 0 Å². The maximum atomic E-state index is 13.3. The number of pyridine rings is 1. The van der Waals surface area contributed by atoms with Crippen molar-refractivity contribution in [1.29, 1.82) is 5.26 Å². The Morgan fingerprint density at radius 3 is 2.92 bits per heavy atom. The van der Waals surface area contributed by atoms with Crippen molar-refractivity contribution in [2.45, 2.75) is 24.3 Å². The van der Waals surface area contributed by atoms with Crippen LogP contribution in [0.4, 0.5) is 4.39 Å². The molecule has 6 nitrogen and oxygen atoms in total. The topological polar surface area (TPSA) is 83.3 Å². The van der Waals surface area contributed by atoms with Crippen LogP contribution >= 0.6 is 0 Å². The van der Waals surface area contributed by atoms with Gasteiger partial charge in [0.15, 0.2) is 0 Å². The van der Waals surface area contributed by atoms with E-state index in [0.29, 0.717) is 12.2 Å². The number of hydrogen-bond donors (Lipinski definition) is 0. The largest absolute Gasteiger partial charge is 0.487 e. The minimum absolute atomic E-state index is 0.166. The van der Waals surface area contributed by atoms with Gasteiger partial charge in [-0.15, -0.1) is 0 Å². The molecular formula is C17H16FN3O3S. The second-order valence-corrected chi connectivity index (χ2v) is 7.64. The molecule has 0 radical (unpaired) electrons. The molecule has 1 aliphatic rings. The van der Waals surface area contributed by atoms with Crippen molar-refractivity contribution in [2.75, 3.05) is 13.1 Å². The number of nitriles is 1. The molecule has 1 aliphatic heterocycles. The Hall–Kier alpha value is -2.50. The molecule has 0 aliphatic carbocycles. The summed E-state index contributed by atoms with van der Waals surface area (Å²) in [5.74, 6) is -0.0311. The molecule has 2 aromatic rings. The molecule has 0 amide bonds. The van der Waals surface area contributed by atoms with Gasteiger partial charge in [0.2, 0.25) is 10.0 Å². The lowest BCUT2D eigenvalue weighted by atomic mass is 10.2. The summed E-state index contributed by atoms with van der Waals surface area (Å²) in [5, 5.41) is 9.10. The van der Waals surface area contributed by atoms with Crippen LogP contribution in [0.15, 0.2) is 41.4 Å². The van der Waals surface area contributed by atoms with Crippen LogP contribution < -0.4 is 4.74 Å². The third-order valence-corrected chi connectivity index (χ3v) is 5.96. The third kappa shape index (κ3) is 3.48. The van der Waals surface area contributed by atoms with E-state index in [2.05, 4.69) is 4.98 Å².